The van der Waals surface area contributed by atoms with Crippen LogP contribution in [0.25, 0.3) is 0 Å². The Labute approximate surface area is 93.7 Å². The van der Waals surface area contributed by atoms with Crippen molar-refractivity contribution < 1.29 is 0 Å². The van der Waals surface area contributed by atoms with E-state index in [0.717, 1.165) is 6.42 Å². The van der Waals surface area contributed by atoms with Crippen molar-refractivity contribution in [2.45, 2.75) is 20.3 Å². The highest BCUT2D eigenvalue weighted by molar-refractivity contribution is 5.15. The zero-order chi connectivity index (χ0) is 11.2. The molecule has 0 spiro atoms. The molecular formula is C15H20. The Balaban J connectivity index is 3.62. The lowest BCUT2D eigenvalue weighted by molar-refractivity contribution is 1.39. The summed E-state index contributed by atoms with van der Waals surface area (Å²) in [5.41, 5.74) is 0. The molecule has 0 bridgehead atoms. The van der Waals surface area contributed by atoms with E-state index in [4.69, 9.17) is 0 Å². The first kappa shape index (κ1) is 13.4. The lowest BCUT2D eigenvalue weighted by Gasteiger charge is -1.78. The molecule has 0 heterocycles. The standard InChI is InChI=1S/C15H20/c1-3-5-7-9-11-13-15-14-12-10-8-6-4-2/h3-11,13-15H,12H2,1-2H3/b5-3+,6-4+,9-7+,10-8+,13-11+,15-14+. The van der Waals surface area contributed by atoms with Gasteiger partial charge in [0.05, 0.1) is 0 Å². The minimum absolute atomic E-state index is 0.979. The molecule has 0 aromatic heterocycles. The maximum Gasteiger partial charge on any atom is -0.0163 e. The molecule has 0 aromatic carbocycles. The summed E-state index contributed by atoms with van der Waals surface area (Å²) in [5, 5.41) is 0. The minimum atomic E-state index is 0.979. The summed E-state index contributed by atoms with van der Waals surface area (Å²) in [5.74, 6) is 0. The molecule has 0 N–H and O–H groups in total. The molecule has 0 aromatic rings. The summed E-state index contributed by atoms with van der Waals surface area (Å²) < 4.78 is 0. The molecule has 15 heavy (non-hydrogen) atoms. The van der Waals surface area contributed by atoms with Crippen LogP contribution >= 0.6 is 0 Å². The van der Waals surface area contributed by atoms with Crippen LogP contribution in [0, 0.1) is 0 Å². The third-order valence-electron chi connectivity index (χ3n) is 1.60. The number of allylic oxidation sites excluding steroid dienone is 12. The van der Waals surface area contributed by atoms with Crippen LogP contribution < -0.4 is 0 Å². The van der Waals surface area contributed by atoms with Gasteiger partial charge in [-0.1, -0.05) is 72.9 Å². The van der Waals surface area contributed by atoms with Crippen molar-refractivity contribution in [3.8, 4) is 0 Å². The van der Waals surface area contributed by atoms with Crippen molar-refractivity contribution in [2.75, 3.05) is 0 Å². The van der Waals surface area contributed by atoms with Crippen LogP contribution in [0.4, 0.5) is 0 Å². The van der Waals surface area contributed by atoms with Gasteiger partial charge in [0, 0.05) is 0 Å². The maximum atomic E-state index is 2.12. The van der Waals surface area contributed by atoms with Gasteiger partial charge in [0.15, 0.2) is 0 Å². The Kier molecular flexibility index (Phi) is 11.1. The second-order valence-electron chi connectivity index (χ2n) is 2.91. The molecule has 0 aliphatic rings. The number of hydrogen-bond donors (Lipinski definition) is 0. The number of rotatable bonds is 6. The van der Waals surface area contributed by atoms with Crippen molar-refractivity contribution in [1.29, 1.82) is 0 Å². The largest absolute Gasteiger partial charge is 0.0877 e. The molecule has 0 unspecified atom stereocenters. The molecule has 0 saturated heterocycles. The van der Waals surface area contributed by atoms with E-state index in [-0.39, 0.29) is 0 Å². The third-order valence-corrected chi connectivity index (χ3v) is 1.60. The predicted octanol–water partition coefficient (Wildman–Crippen LogP) is 4.75. The molecule has 0 aliphatic carbocycles. The average Bonchev–Trinajstić information content (AvgIpc) is 2.26. The van der Waals surface area contributed by atoms with Crippen LogP contribution in [0.5, 0.6) is 0 Å². The van der Waals surface area contributed by atoms with Gasteiger partial charge in [-0.05, 0) is 20.3 Å². The van der Waals surface area contributed by atoms with E-state index in [1.807, 2.05) is 62.5 Å². The van der Waals surface area contributed by atoms with E-state index in [1.165, 1.54) is 0 Å². The monoisotopic (exact) mass is 200 g/mol. The second-order valence-corrected chi connectivity index (χ2v) is 2.91. The first-order valence-corrected chi connectivity index (χ1v) is 5.30. The fraction of sp³-hybridized carbons (Fsp3) is 0.200. The quantitative estimate of drug-likeness (QED) is 0.543. The summed E-state index contributed by atoms with van der Waals surface area (Å²) in [6, 6.07) is 0. The molecule has 80 valence electrons. The van der Waals surface area contributed by atoms with E-state index in [9.17, 15) is 0 Å². The highest BCUT2D eigenvalue weighted by Gasteiger charge is 1.67. The van der Waals surface area contributed by atoms with E-state index >= 15 is 0 Å². The van der Waals surface area contributed by atoms with Crippen LogP contribution in [0.15, 0.2) is 72.9 Å². The third kappa shape index (κ3) is 12.4. The molecule has 0 amide bonds. The van der Waals surface area contributed by atoms with E-state index in [2.05, 4.69) is 24.3 Å². The highest BCUT2D eigenvalue weighted by atomic mass is 13.7. The molecule has 0 aliphatic heterocycles. The Morgan fingerprint density at radius 1 is 0.533 bits per heavy atom. The van der Waals surface area contributed by atoms with Crippen LogP contribution in [0.1, 0.15) is 20.3 Å². The molecule has 0 rings (SSSR count). The summed E-state index contributed by atoms with van der Waals surface area (Å²) in [4.78, 5) is 0. The second kappa shape index (κ2) is 12.4. The van der Waals surface area contributed by atoms with Gasteiger partial charge in [-0.15, -0.1) is 0 Å². The first-order chi connectivity index (χ1) is 7.41. The molecular weight excluding hydrogens is 180 g/mol. The van der Waals surface area contributed by atoms with Crippen LogP contribution in [0.3, 0.4) is 0 Å². The topological polar surface area (TPSA) is 0 Å². The van der Waals surface area contributed by atoms with E-state index in [1.54, 1.807) is 0 Å². The molecule has 0 radical (unpaired) electrons. The average molecular weight is 200 g/mol. The van der Waals surface area contributed by atoms with E-state index in [0.29, 0.717) is 0 Å². The van der Waals surface area contributed by atoms with Crippen molar-refractivity contribution in [3.63, 3.8) is 0 Å². The van der Waals surface area contributed by atoms with Gasteiger partial charge in [0.25, 0.3) is 0 Å². The van der Waals surface area contributed by atoms with Crippen LogP contribution in [-0.4, -0.2) is 0 Å². The molecule has 0 fully saturated rings. The highest BCUT2D eigenvalue weighted by Crippen LogP contribution is 1.88. The van der Waals surface area contributed by atoms with Gasteiger partial charge in [-0.2, -0.15) is 0 Å². The van der Waals surface area contributed by atoms with Gasteiger partial charge >= 0.3 is 0 Å². The smallest absolute Gasteiger partial charge is 0.0163 e. The van der Waals surface area contributed by atoms with Crippen molar-refractivity contribution in [3.05, 3.63) is 72.9 Å². The van der Waals surface area contributed by atoms with Gasteiger partial charge in [-0.3, -0.25) is 0 Å². The van der Waals surface area contributed by atoms with Gasteiger partial charge < -0.3 is 0 Å². The summed E-state index contributed by atoms with van der Waals surface area (Å²) in [6.45, 7) is 4.02. The SMILES string of the molecule is C/C=C/C=C/C=C/C=C/C/C=C/C=C/C. The van der Waals surface area contributed by atoms with Crippen molar-refractivity contribution in [1.82, 2.24) is 0 Å². The molecule has 0 heteroatoms. The van der Waals surface area contributed by atoms with Crippen molar-refractivity contribution >= 4 is 0 Å². The minimum Gasteiger partial charge on any atom is -0.0877 e. The zero-order valence-electron chi connectivity index (χ0n) is 9.64. The lowest BCUT2D eigenvalue weighted by Crippen LogP contribution is -1.57. The van der Waals surface area contributed by atoms with Gasteiger partial charge in [0.2, 0.25) is 0 Å². The Morgan fingerprint density at radius 2 is 0.933 bits per heavy atom. The maximum absolute atomic E-state index is 2.12. The predicted molar refractivity (Wildman–Crippen MR) is 70.8 cm³/mol. The summed E-state index contributed by atoms with van der Waals surface area (Å²) in [7, 11) is 0. The molecule has 0 nitrogen and oxygen atoms in total. The summed E-state index contributed by atoms with van der Waals surface area (Å²) in [6.07, 6.45) is 25.5. The zero-order valence-corrected chi connectivity index (χ0v) is 9.64. The fourth-order valence-electron chi connectivity index (χ4n) is 0.872. The normalized spacial score (nSPS) is 14.0. The van der Waals surface area contributed by atoms with Crippen molar-refractivity contribution in [2.24, 2.45) is 0 Å². The Hall–Kier alpha value is -1.56. The van der Waals surface area contributed by atoms with Gasteiger partial charge in [0.1, 0.15) is 0 Å². The van der Waals surface area contributed by atoms with Crippen LogP contribution in [0.2, 0.25) is 0 Å². The molecule has 0 saturated carbocycles. The lowest BCUT2D eigenvalue weighted by atomic mass is 10.3. The van der Waals surface area contributed by atoms with E-state index < -0.39 is 0 Å². The number of hydrogen-bond acceptors (Lipinski definition) is 0. The Bertz CT molecular complexity index is 283. The van der Waals surface area contributed by atoms with Gasteiger partial charge in [-0.25, -0.2) is 0 Å². The van der Waals surface area contributed by atoms with Crippen LogP contribution in [-0.2, 0) is 0 Å². The summed E-state index contributed by atoms with van der Waals surface area (Å²) >= 11 is 0. The fourth-order valence-corrected chi connectivity index (χ4v) is 0.872. The molecule has 0 atom stereocenters. The Morgan fingerprint density at radius 3 is 1.53 bits per heavy atom. The first-order valence-electron chi connectivity index (χ1n) is 5.30.